The summed E-state index contributed by atoms with van der Waals surface area (Å²) in [6.07, 6.45) is -0.854. The van der Waals surface area contributed by atoms with Crippen LogP contribution in [-0.4, -0.2) is 24.7 Å². The Balaban J connectivity index is 2.17. The van der Waals surface area contributed by atoms with Gasteiger partial charge in [-0.25, -0.2) is 4.39 Å². The van der Waals surface area contributed by atoms with Crippen LogP contribution in [0.25, 0.3) is 0 Å². The quantitative estimate of drug-likeness (QED) is 0.780. The van der Waals surface area contributed by atoms with Crippen LogP contribution in [0.15, 0.2) is 60.7 Å². The molecule has 0 aromatic heterocycles. The van der Waals surface area contributed by atoms with Crippen LogP contribution in [0, 0.1) is 0 Å². The van der Waals surface area contributed by atoms with Crippen LogP contribution in [0.1, 0.15) is 11.1 Å². The molecule has 0 N–H and O–H groups in total. The summed E-state index contributed by atoms with van der Waals surface area (Å²) in [5.41, 5.74) is 1.44. The number of likely N-dealkylation sites (tertiary alicyclic amines) is 1. The standard InChI is InChI=1S/C16H16FN/c1-18-12-15(17)16(18,13-8-4-2-5-9-13)14-10-6-3-7-11-14/h2-11,15H,12H2,1H3. The molecule has 1 saturated heterocycles. The fourth-order valence-corrected chi connectivity index (χ4v) is 3.00. The minimum atomic E-state index is -0.854. The number of alkyl halides is 1. The second-order valence-electron chi connectivity index (χ2n) is 4.85. The fraction of sp³-hybridized carbons (Fsp3) is 0.250. The Hall–Kier alpha value is -1.67. The van der Waals surface area contributed by atoms with Gasteiger partial charge < -0.3 is 0 Å². The van der Waals surface area contributed by atoms with Crippen molar-refractivity contribution in [1.82, 2.24) is 4.90 Å². The summed E-state index contributed by atoms with van der Waals surface area (Å²) < 4.78 is 14.4. The summed E-state index contributed by atoms with van der Waals surface area (Å²) in [6.45, 7) is 0.490. The smallest absolute Gasteiger partial charge is 0.139 e. The van der Waals surface area contributed by atoms with Gasteiger partial charge in [0.05, 0.1) is 0 Å². The van der Waals surface area contributed by atoms with E-state index in [9.17, 15) is 4.39 Å². The molecule has 1 unspecified atom stereocenters. The molecule has 1 aliphatic heterocycles. The SMILES string of the molecule is CN1CC(F)C1(c1ccccc1)c1ccccc1. The van der Waals surface area contributed by atoms with Crippen LogP contribution in [0.4, 0.5) is 4.39 Å². The molecular weight excluding hydrogens is 225 g/mol. The summed E-state index contributed by atoms with van der Waals surface area (Å²) >= 11 is 0. The van der Waals surface area contributed by atoms with Gasteiger partial charge in [0.25, 0.3) is 0 Å². The van der Waals surface area contributed by atoms with Gasteiger partial charge in [-0.3, -0.25) is 4.90 Å². The summed E-state index contributed by atoms with van der Waals surface area (Å²) in [5.74, 6) is 0. The molecule has 1 atom stereocenters. The molecule has 0 saturated carbocycles. The van der Waals surface area contributed by atoms with Crippen LogP contribution in [0.2, 0.25) is 0 Å². The highest BCUT2D eigenvalue weighted by atomic mass is 19.1. The molecule has 0 amide bonds. The molecule has 1 aliphatic rings. The van der Waals surface area contributed by atoms with E-state index in [0.717, 1.165) is 11.1 Å². The average molecular weight is 241 g/mol. The van der Waals surface area contributed by atoms with Crippen molar-refractivity contribution in [2.75, 3.05) is 13.6 Å². The van der Waals surface area contributed by atoms with Gasteiger partial charge >= 0.3 is 0 Å². The van der Waals surface area contributed by atoms with Crippen LogP contribution in [0.5, 0.6) is 0 Å². The fourth-order valence-electron chi connectivity index (χ4n) is 3.00. The lowest BCUT2D eigenvalue weighted by Gasteiger charge is -2.54. The minimum Gasteiger partial charge on any atom is -0.287 e. The van der Waals surface area contributed by atoms with Gasteiger partial charge in [0.1, 0.15) is 11.7 Å². The first-order chi connectivity index (χ1) is 8.76. The number of benzene rings is 2. The zero-order valence-electron chi connectivity index (χ0n) is 10.4. The molecule has 0 aliphatic carbocycles. The van der Waals surface area contributed by atoms with Crippen molar-refractivity contribution in [3.63, 3.8) is 0 Å². The van der Waals surface area contributed by atoms with Gasteiger partial charge in [0, 0.05) is 6.54 Å². The molecule has 18 heavy (non-hydrogen) atoms. The Morgan fingerprint density at radius 2 is 1.39 bits per heavy atom. The highest BCUT2D eigenvalue weighted by Crippen LogP contribution is 2.46. The molecule has 2 aromatic carbocycles. The third-order valence-electron chi connectivity index (χ3n) is 3.92. The second-order valence-corrected chi connectivity index (χ2v) is 4.85. The highest BCUT2D eigenvalue weighted by Gasteiger charge is 2.54. The number of nitrogens with zero attached hydrogens (tertiary/aromatic N) is 1. The largest absolute Gasteiger partial charge is 0.287 e. The molecule has 92 valence electrons. The Kier molecular flexibility index (Phi) is 2.67. The molecule has 0 spiro atoms. The number of halogens is 1. The van der Waals surface area contributed by atoms with E-state index in [2.05, 4.69) is 4.90 Å². The molecule has 3 rings (SSSR count). The van der Waals surface area contributed by atoms with Gasteiger partial charge in [0.15, 0.2) is 0 Å². The number of hydrogen-bond donors (Lipinski definition) is 0. The van der Waals surface area contributed by atoms with Crippen LogP contribution >= 0.6 is 0 Å². The first-order valence-electron chi connectivity index (χ1n) is 6.22. The number of rotatable bonds is 2. The van der Waals surface area contributed by atoms with Gasteiger partial charge in [0.2, 0.25) is 0 Å². The topological polar surface area (TPSA) is 3.24 Å². The van der Waals surface area contributed by atoms with Gasteiger partial charge in [-0.1, -0.05) is 60.7 Å². The van der Waals surface area contributed by atoms with Crippen molar-refractivity contribution < 1.29 is 4.39 Å². The Morgan fingerprint density at radius 3 is 1.72 bits per heavy atom. The van der Waals surface area contributed by atoms with Crippen LogP contribution < -0.4 is 0 Å². The predicted octanol–water partition coefficient (Wildman–Crippen LogP) is 3.21. The average Bonchev–Trinajstić information content (AvgIpc) is 2.41. The van der Waals surface area contributed by atoms with Crippen molar-refractivity contribution in [3.05, 3.63) is 71.8 Å². The Bertz CT molecular complexity index is 474. The summed E-state index contributed by atoms with van der Waals surface area (Å²) in [5, 5.41) is 0. The lowest BCUT2D eigenvalue weighted by Crippen LogP contribution is -2.65. The van der Waals surface area contributed by atoms with Crippen molar-refractivity contribution in [1.29, 1.82) is 0 Å². The van der Waals surface area contributed by atoms with Gasteiger partial charge in [-0.15, -0.1) is 0 Å². The summed E-state index contributed by atoms with van der Waals surface area (Å²) in [4.78, 5) is 2.09. The summed E-state index contributed by atoms with van der Waals surface area (Å²) in [7, 11) is 1.98. The molecule has 0 radical (unpaired) electrons. The Morgan fingerprint density at radius 1 is 0.944 bits per heavy atom. The molecule has 1 nitrogen and oxygen atoms in total. The zero-order chi connectivity index (χ0) is 12.6. The van der Waals surface area contributed by atoms with E-state index in [4.69, 9.17) is 0 Å². The molecule has 0 bridgehead atoms. The minimum absolute atomic E-state index is 0.490. The molecule has 2 heteroatoms. The van der Waals surface area contributed by atoms with Crippen molar-refractivity contribution in [3.8, 4) is 0 Å². The van der Waals surface area contributed by atoms with E-state index in [0.29, 0.717) is 6.54 Å². The van der Waals surface area contributed by atoms with Crippen LogP contribution in [-0.2, 0) is 5.54 Å². The normalized spacial score (nSPS) is 22.4. The summed E-state index contributed by atoms with van der Waals surface area (Å²) in [6, 6.07) is 19.9. The van der Waals surface area contributed by atoms with Crippen molar-refractivity contribution >= 4 is 0 Å². The van der Waals surface area contributed by atoms with E-state index in [1.54, 1.807) is 0 Å². The maximum absolute atomic E-state index is 14.4. The third-order valence-corrected chi connectivity index (χ3v) is 3.92. The van der Waals surface area contributed by atoms with E-state index in [1.165, 1.54) is 0 Å². The van der Waals surface area contributed by atoms with Gasteiger partial charge in [-0.05, 0) is 18.2 Å². The second kappa shape index (κ2) is 4.21. The van der Waals surface area contributed by atoms with E-state index in [-0.39, 0.29) is 0 Å². The lowest BCUT2D eigenvalue weighted by molar-refractivity contribution is -0.0556. The predicted molar refractivity (Wildman–Crippen MR) is 71.2 cm³/mol. The van der Waals surface area contributed by atoms with E-state index in [1.807, 2.05) is 67.7 Å². The first kappa shape index (κ1) is 11.4. The molecule has 1 heterocycles. The lowest BCUT2D eigenvalue weighted by atomic mass is 9.72. The molecule has 2 aromatic rings. The monoisotopic (exact) mass is 241 g/mol. The Labute approximate surface area is 107 Å². The van der Waals surface area contributed by atoms with Crippen molar-refractivity contribution in [2.24, 2.45) is 0 Å². The highest BCUT2D eigenvalue weighted by molar-refractivity contribution is 5.43. The first-order valence-corrected chi connectivity index (χ1v) is 6.22. The van der Waals surface area contributed by atoms with E-state index >= 15 is 0 Å². The van der Waals surface area contributed by atoms with Crippen molar-refractivity contribution in [2.45, 2.75) is 11.7 Å². The van der Waals surface area contributed by atoms with Crippen LogP contribution in [0.3, 0.4) is 0 Å². The number of hydrogen-bond acceptors (Lipinski definition) is 1. The third kappa shape index (κ3) is 1.42. The van der Waals surface area contributed by atoms with Gasteiger partial charge in [-0.2, -0.15) is 0 Å². The maximum atomic E-state index is 14.4. The molecular formula is C16H16FN. The maximum Gasteiger partial charge on any atom is 0.139 e. The zero-order valence-corrected chi connectivity index (χ0v) is 10.4. The molecule has 1 fully saturated rings. The van der Waals surface area contributed by atoms with E-state index < -0.39 is 11.7 Å².